The summed E-state index contributed by atoms with van der Waals surface area (Å²) in [5, 5.41) is 3.22. The van der Waals surface area contributed by atoms with E-state index in [9.17, 15) is 9.59 Å². The van der Waals surface area contributed by atoms with Gasteiger partial charge in [0, 0.05) is 10.0 Å². The van der Waals surface area contributed by atoms with Crippen molar-refractivity contribution in [1.29, 1.82) is 0 Å². The van der Waals surface area contributed by atoms with Gasteiger partial charge < -0.3 is 5.32 Å². The fourth-order valence-corrected chi connectivity index (χ4v) is 2.31. The van der Waals surface area contributed by atoms with Crippen molar-refractivity contribution in [1.82, 2.24) is 5.32 Å². The number of thiocarbonyl (C=S) groups is 1. The molecule has 4 nitrogen and oxygen atoms in total. The highest BCUT2D eigenvalue weighted by molar-refractivity contribution is 7.80. The first-order chi connectivity index (χ1) is 7.97. The van der Waals surface area contributed by atoms with Crippen molar-refractivity contribution in [2.24, 2.45) is 0 Å². The Bertz CT molecular complexity index is 493. The maximum Gasteiger partial charge on any atom is 0.242 e. The van der Waals surface area contributed by atoms with E-state index in [0.717, 1.165) is 0 Å². The van der Waals surface area contributed by atoms with Gasteiger partial charge in [-0.2, -0.15) is 0 Å². The van der Waals surface area contributed by atoms with Gasteiger partial charge in [0.2, 0.25) is 11.8 Å². The van der Waals surface area contributed by atoms with E-state index in [1.807, 2.05) is 0 Å². The molecule has 1 aromatic rings. The standard InChI is InChI=1S/C10H6Cl2N2O2S/c11-5-1-6(12)3-7(2-5)14-9(16)4-8(15)13-10(14)17/h1-3H,4H2,(H,13,15,17). The maximum absolute atomic E-state index is 11.7. The second kappa shape index (κ2) is 4.60. The topological polar surface area (TPSA) is 49.4 Å². The monoisotopic (exact) mass is 288 g/mol. The van der Waals surface area contributed by atoms with Gasteiger partial charge in [-0.3, -0.25) is 14.5 Å². The molecule has 17 heavy (non-hydrogen) atoms. The van der Waals surface area contributed by atoms with Gasteiger partial charge in [0.1, 0.15) is 6.42 Å². The fraction of sp³-hybridized carbons (Fsp3) is 0.100. The van der Waals surface area contributed by atoms with Crippen LogP contribution in [0.3, 0.4) is 0 Å². The summed E-state index contributed by atoms with van der Waals surface area (Å²) in [6, 6.07) is 4.65. The van der Waals surface area contributed by atoms with E-state index in [2.05, 4.69) is 5.32 Å². The third-order valence-corrected chi connectivity index (χ3v) is 2.84. The third-order valence-electron chi connectivity index (χ3n) is 2.12. The van der Waals surface area contributed by atoms with Gasteiger partial charge in [-0.1, -0.05) is 23.2 Å². The molecular formula is C10H6Cl2N2O2S. The van der Waals surface area contributed by atoms with Crippen molar-refractivity contribution in [3.8, 4) is 0 Å². The Morgan fingerprint density at radius 2 is 1.76 bits per heavy atom. The molecule has 2 amide bonds. The van der Waals surface area contributed by atoms with Gasteiger partial charge in [0.15, 0.2) is 5.11 Å². The molecule has 7 heteroatoms. The van der Waals surface area contributed by atoms with E-state index < -0.39 is 11.8 Å². The lowest BCUT2D eigenvalue weighted by molar-refractivity contribution is -0.127. The summed E-state index contributed by atoms with van der Waals surface area (Å²) in [5.41, 5.74) is 0.442. The maximum atomic E-state index is 11.7. The summed E-state index contributed by atoms with van der Waals surface area (Å²) >= 11 is 16.6. The Morgan fingerprint density at radius 3 is 2.29 bits per heavy atom. The number of nitrogens with zero attached hydrogens (tertiary/aromatic N) is 1. The molecule has 0 saturated carbocycles. The van der Waals surface area contributed by atoms with Crippen LogP contribution in [-0.4, -0.2) is 16.9 Å². The second-order valence-electron chi connectivity index (χ2n) is 3.39. The molecular weight excluding hydrogens is 283 g/mol. The van der Waals surface area contributed by atoms with Crippen LogP contribution in [0.25, 0.3) is 0 Å². The van der Waals surface area contributed by atoms with Crippen molar-refractivity contribution in [2.75, 3.05) is 4.90 Å². The molecule has 1 aliphatic rings. The van der Waals surface area contributed by atoms with Crippen LogP contribution >= 0.6 is 35.4 Å². The van der Waals surface area contributed by atoms with Crippen LogP contribution in [0.4, 0.5) is 5.69 Å². The number of anilines is 1. The zero-order chi connectivity index (χ0) is 12.6. The molecule has 1 fully saturated rings. The molecule has 88 valence electrons. The SMILES string of the molecule is O=C1CC(=O)N(c2cc(Cl)cc(Cl)c2)C(=S)N1. The minimum atomic E-state index is -0.413. The Kier molecular flexibility index (Phi) is 3.33. The lowest BCUT2D eigenvalue weighted by atomic mass is 10.2. The van der Waals surface area contributed by atoms with Gasteiger partial charge in [-0.15, -0.1) is 0 Å². The highest BCUT2D eigenvalue weighted by atomic mass is 35.5. The smallest absolute Gasteiger partial charge is 0.242 e. The summed E-state index contributed by atoms with van der Waals surface area (Å²) in [5.74, 6) is -0.818. The minimum Gasteiger partial charge on any atom is -0.302 e. The van der Waals surface area contributed by atoms with E-state index in [1.165, 1.54) is 4.90 Å². The lowest BCUT2D eigenvalue weighted by Gasteiger charge is -2.27. The molecule has 2 rings (SSSR count). The minimum absolute atomic E-state index is 0.0320. The molecule has 1 aliphatic heterocycles. The quantitative estimate of drug-likeness (QED) is 0.636. The number of halogens is 2. The van der Waals surface area contributed by atoms with Gasteiger partial charge in [-0.25, -0.2) is 0 Å². The Morgan fingerprint density at radius 1 is 1.18 bits per heavy atom. The molecule has 1 heterocycles. The normalized spacial score (nSPS) is 16.1. The van der Waals surface area contributed by atoms with Crippen molar-refractivity contribution in [3.63, 3.8) is 0 Å². The summed E-state index contributed by atoms with van der Waals surface area (Å²) < 4.78 is 0. The predicted octanol–water partition coefficient (Wildman–Crippen LogP) is 2.13. The number of hydrogen-bond acceptors (Lipinski definition) is 3. The van der Waals surface area contributed by atoms with E-state index in [-0.39, 0.29) is 11.5 Å². The highest BCUT2D eigenvalue weighted by Crippen LogP contribution is 2.26. The first kappa shape index (κ1) is 12.3. The Hall–Kier alpha value is -1.17. The van der Waals surface area contributed by atoms with Crippen LogP contribution in [-0.2, 0) is 9.59 Å². The molecule has 1 aromatic carbocycles. The fourth-order valence-electron chi connectivity index (χ4n) is 1.48. The molecule has 0 aliphatic carbocycles. The van der Waals surface area contributed by atoms with Crippen LogP contribution in [0.15, 0.2) is 18.2 Å². The van der Waals surface area contributed by atoms with Crippen LogP contribution in [0.2, 0.25) is 10.0 Å². The second-order valence-corrected chi connectivity index (χ2v) is 4.65. The number of carbonyl (C=O) groups is 2. The number of carbonyl (C=O) groups excluding carboxylic acids is 2. The van der Waals surface area contributed by atoms with Crippen LogP contribution < -0.4 is 10.2 Å². The van der Waals surface area contributed by atoms with Crippen molar-refractivity contribution >= 4 is 58.0 Å². The molecule has 0 atom stereocenters. The average molecular weight is 289 g/mol. The molecule has 0 aromatic heterocycles. The van der Waals surface area contributed by atoms with E-state index in [1.54, 1.807) is 18.2 Å². The molecule has 0 spiro atoms. The molecule has 0 bridgehead atoms. The molecule has 1 saturated heterocycles. The van der Waals surface area contributed by atoms with Crippen molar-refractivity contribution < 1.29 is 9.59 Å². The highest BCUT2D eigenvalue weighted by Gasteiger charge is 2.29. The van der Waals surface area contributed by atoms with Crippen molar-refractivity contribution in [3.05, 3.63) is 28.2 Å². The third kappa shape index (κ3) is 2.57. The number of nitrogens with one attached hydrogen (secondary N) is 1. The zero-order valence-corrected chi connectivity index (χ0v) is 10.7. The average Bonchev–Trinajstić information content (AvgIpc) is 2.13. The number of rotatable bonds is 1. The largest absolute Gasteiger partial charge is 0.302 e. The van der Waals surface area contributed by atoms with Gasteiger partial charge in [-0.05, 0) is 30.4 Å². The van der Waals surface area contributed by atoms with Gasteiger partial charge >= 0.3 is 0 Å². The number of hydrogen-bond donors (Lipinski definition) is 1. The summed E-state index contributed by atoms with van der Waals surface area (Å²) in [6.45, 7) is 0. The van der Waals surface area contributed by atoms with Gasteiger partial charge in [0.25, 0.3) is 0 Å². The first-order valence-corrected chi connectivity index (χ1v) is 5.76. The van der Waals surface area contributed by atoms with Crippen LogP contribution in [0, 0.1) is 0 Å². The first-order valence-electron chi connectivity index (χ1n) is 4.60. The van der Waals surface area contributed by atoms with Crippen molar-refractivity contribution in [2.45, 2.75) is 6.42 Å². The predicted molar refractivity (Wildman–Crippen MR) is 69.3 cm³/mol. The van der Waals surface area contributed by atoms with E-state index in [4.69, 9.17) is 35.4 Å². The Balaban J connectivity index is 2.41. The van der Waals surface area contributed by atoms with Crippen LogP contribution in [0.1, 0.15) is 6.42 Å². The van der Waals surface area contributed by atoms with E-state index >= 15 is 0 Å². The summed E-state index contributed by atoms with van der Waals surface area (Å²) in [6.07, 6.45) is -0.246. The van der Waals surface area contributed by atoms with Gasteiger partial charge in [0.05, 0.1) is 5.69 Å². The van der Waals surface area contributed by atoms with Crippen LogP contribution in [0.5, 0.6) is 0 Å². The zero-order valence-electron chi connectivity index (χ0n) is 8.37. The lowest BCUT2D eigenvalue weighted by Crippen LogP contribution is -2.52. The molecule has 0 unspecified atom stereocenters. The summed E-state index contributed by atoms with van der Waals surface area (Å²) in [4.78, 5) is 24.0. The molecule has 1 N–H and O–H groups in total. The summed E-state index contributed by atoms with van der Waals surface area (Å²) in [7, 11) is 0. The number of benzene rings is 1. The molecule has 0 radical (unpaired) electrons. The van der Waals surface area contributed by atoms with E-state index in [0.29, 0.717) is 15.7 Å². The number of amides is 2. The Labute approximate surface area is 112 Å².